The first-order valence-corrected chi connectivity index (χ1v) is 8.36. The topological polar surface area (TPSA) is 33.1 Å². The molecule has 2 aromatic carbocycles. The summed E-state index contributed by atoms with van der Waals surface area (Å²) in [7, 11) is 0. The molecule has 0 bridgehead atoms. The van der Waals surface area contributed by atoms with E-state index in [1.807, 2.05) is 0 Å². The van der Waals surface area contributed by atoms with Gasteiger partial charge in [-0.2, -0.15) is 0 Å². The maximum absolute atomic E-state index is 14.1. The van der Waals surface area contributed by atoms with E-state index in [1.54, 1.807) is 0 Å². The van der Waals surface area contributed by atoms with Crippen LogP contribution in [0.3, 0.4) is 0 Å². The lowest BCUT2D eigenvalue weighted by Gasteiger charge is -2.25. The molecule has 0 radical (unpaired) electrons. The molecule has 25 heavy (non-hydrogen) atoms. The normalized spacial score (nSPS) is 13.7. The smallest absolute Gasteiger partial charge is 0.142 e. The minimum atomic E-state index is -1.97. The molecule has 0 aliphatic carbocycles. The number of alkyl halides is 1. The summed E-state index contributed by atoms with van der Waals surface area (Å²) in [5.41, 5.74) is -2.15. The predicted octanol–water partition coefficient (Wildman–Crippen LogP) is 4.84. The van der Waals surface area contributed by atoms with E-state index in [-0.39, 0.29) is 21.0 Å². The highest BCUT2D eigenvalue weighted by molar-refractivity contribution is 7.15. The fourth-order valence-electron chi connectivity index (χ4n) is 2.35. The number of halogens is 5. The molecule has 0 spiro atoms. The van der Waals surface area contributed by atoms with Gasteiger partial charge in [0.2, 0.25) is 0 Å². The number of aliphatic hydroxyl groups is 1. The Morgan fingerprint density at radius 1 is 1.00 bits per heavy atom. The van der Waals surface area contributed by atoms with E-state index in [1.165, 1.54) is 12.3 Å². The first-order chi connectivity index (χ1) is 11.8. The molecule has 1 unspecified atom stereocenters. The average Bonchev–Trinajstić information content (AvgIpc) is 3.04. The van der Waals surface area contributed by atoms with Gasteiger partial charge in [-0.3, -0.25) is 0 Å². The quantitative estimate of drug-likeness (QED) is 0.513. The number of hydrogen-bond acceptors (Lipinski definition) is 3. The molecule has 0 saturated carbocycles. The lowest BCUT2D eigenvalue weighted by atomic mass is 9.94. The Balaban J connectivity index is 2.07. The predicted molar refractivity (Wildman–Crippen MR) is 87.5 cm³/mol. The highest BCUT2D eigenvalue weighted by Gasteiger charge is 2.36. The fraction of sp³-hybridized carbons (Fsp3) is 0.118. The van der Waals surface area contributed by atoms with Gasteiger partial charge >= 0.3 is 0 Å². The summed E-state index contributed by atoms with van der Waals surface area (Å²) >= 11 is 6.72. The van der Waals surface area contributed by atoms with Crippen LogP contribution < -0.4 is 0 Å². The summed E-state index contributed by atoms with van der Waals surface area (Å²) in [6, 6.07) is 5.72. The van der Waals surface area contributed by atoms with Crippen molar-refractivity contribution in [3.63, 3.8) is 0 Å². The zero-order chi connectivity index (χ0) is 18.2. The monoisotopic (exact) mass is 387 g/mol. The minimum Gasteiger partial charge on any atom is -0.378 e. The maximum Gasteiger partial charge on any atom is 0.142 e. The van der Waals surface area contributed by atoms with Crippen LogP contribution >= 0.6 is 22.9 Å². The molecule has 1 heterocycles. The molecule has 0 aliphatic rings. The van der Waals surface area contributed by atoms with E-state index in [4.69, 9.17) is 11.6 Å². The number of hydrogen-bond donors (Lipinski definition) is 1. The summed E-state index contributed by atoms with van der Waals surface area (Å²) in [5, 5.41) is 11.0. The average molecular weight is 388 g/mol. The summed E-state index contributed by atoms with van der Waals surface area (Å²) in [4.78, 5) is 4.15. The lowest BCUT2D eigenvalue weighted by Crippen LogP contribution is -2.29. The van der Waals surface area contributed by atoms with Crippen LogP contribution in [0.1, 0.15) is 10.4 Å². The molecule has 2 nitrogen and oxygen atoms in total. The third-order valence-electron chi connectivity index (χ3n) is 3.64. The fourth-order valence-corrected chi connectivity index (χ4v) is 3.76. The summed E-state index contributed by atoms with van der Waals surface area (Å²) in [5.74, 6) is -3.74. The van der Waals surface area contributed by atoms with Gasteiger partial charge in [0.25, 0.3) is 0 Å². The van der Waals surface area contributed by atoms with Crippen LogP contribution in [0.4, 0.5) is 17.6 Å². The Hall–Kier alpha value is -1.96. The number of aromatic nitrogens is 1. The van der Waals surface area contributed by atoms with E-state index in [2.05, 4.69) is 4.98 Å². The number of benzene rings is 2. The van der Waals surface area contributed by atoms with E-state index in [0.29, 0.717) is 12.1 Å². The van der Waals surface area contributed by atoms with Gasteiger partial charge in [0.15, 0.2) is 0 Å². The highest BCUT2D eigenvalue weighted by atomic mass is 35.5. The second-order valence-corrected chi connectivity index (χ2v) is 6.57. The van der Waals surface area contributed by atoms with Gasteiger partial charge in [-0.1, -0.05) is 0 Å². The molecule has 1 atom stereocenters. The minimum absolute atomic E-state index is 0.0363. The van der Waals surface area contributed by atoms with E-state index < -0.39 is 34.7 Å². The van der Waals surface area contributed by atoms with E-state index in [0.717, 1.165) is 29.5 Å². The van der Waals surface area contributed by atoms with Gasteiger partial charge < -0.3 is 5.11 Å². The number of nitrogens with zero attached hydrogens (tertiary/aromatic N) is 1. The molecule has 130 valence electrons. The van der Waals surface area contributed by atoms with Gasteiger partial charge in [-0.25, -0.2) is 22.5 Å². The van der Waals surface area contributed by atoms with Crippen molar-refractivity contribution in [2.75, 3.05) is 5.88 Å². The second-order valence-electron chi connectivity index (χ2n) is 5.27. The lowest BCUT2D eigenvalue weighted by molar-refractivity contribution is 0.105. The van der Waals surface area contributed by atoms with Crippen LogP contribution in [0, 0.1) is 23.3 Å². The van der Waals surface area contributed by atoms with Gasteiger partial charge in [-0.05, 0) is 24.3 Å². The third-order valence-corrected chi connectivity index (χ3v) is 5.21. The third kappa shape index (κ3) is 3.27. The molecule has 0 saturated heterocycles. The van der Waals surface area contributed by atoms with Gasteiger partial charge in [0.1, 0.15) is 33.9 Å². The Morgan fingerprint density at radius 3 is 2.24 bits per heavy atom. The van der Waals surface area contributed by atoms with Crippen molar-refractivity contribution in [3.8, 4) is 10.6 Å². The van der Waals surface area contributed by atoms with Crippen molar-refractivity contribution in [2.45, 2.75) is 5.60 Å². The zero-order valence-electron chi connectivity index (χ0n) is 12.4. The molecular weight excluding hydrogens is 378 g/mol. The molecule has 0 fully saturated rings. The van der Waals surface area contributed by atoms with Gasteiger partial charge in [-0.15, -0.1) is 22.9 Å². The maximum atomic E-state index is 14.1. The molecule has 0 amide bonds. The van der Waals surface area contributed by atoms with Crippen molar-refractivity contribution in [2.24, 2.45) is 0 Å². The SMILES string of the molecule is OC(CCl)(c1cnc(-c2ccc(F)cc2F)s1)c1ccc(F)cc1F. The van der Waals surface area contributed by atoms with Crippen LogP contribution in [0.15, 0.2) is 42.6 Å². The Labute approximate surface area is 149 Å². The zero-order valence-corrected chi connectivity index (χ0v) is 14.0. The van der Waals surface area contributed by atoms with Crippen molar-refractivity contribution in [1.82, 2.24) is 4.98 Å². The molecule has 3 aromatic rings. The van der Waals surface area contributed by atoms with Crippen molar-refractivity contribution < 1.29 is 22.7 Å². The standard InChI is InChI=1S/C17H10ClF4NOS/c18-8-17(24,12-4-2-10(20)6-14(12)22)15-7-23-16(25-15)11-3-1-9(19)5-13(11)21/h1-7,24H,8H2. The molecular formula is C17H10ClF4NOS. The van der Waals surface area contributed by atoms with Crippen LogP contribution in [-0.4, -0.2) is 16.0 Å². The first kappa shape index (κ1) is 17.8. The van der Waals surface area contributed by atoms with E-state index >= 15 is 0 Å². The molecule has 3 rings (SSSR count). The first-order valence-electron chi connectivity index (χ1n) is 7.01. The molecule has 8 heteroatoms. The molecule has 1 N–H and O–H groups in total. The summed E-state index contributed by atoms with van der Waals surface area (Å²) in [6.45, 7) is 0. The summed E-state index contributed by atoms with van der Waals surface area (Å²) in [6.07, 6.45) is 1.23. The van der Waals surface area contributed by atoms with Crippen molar-refractivity contribution >= 4 is 22.9 Å². The van der Waals surface area contributed by atoms with Crippen molar-refractivity contribution in [1.29, 1.82) is 0 Å². The van der Waals surface area contributed by atoms with Gasteiger partial charge in [0.05, 0.1) is 10.8 Å². The largest absolute Gasteiger partial charge is 0.378 e. The molecule has 0 aliphatic heterocycles. The van der Waals surface area contributed by atoms with Crippen LogP contribution in [0.5, 0.6) is 0 Å². The van der Waals surface area contributed by atoms with Crippen molar-refractivity contribution in [3.05, 3.63) is 76.3 Å². The summed E-state index contributed by atoms with van der Waals surface area (Å²) < 4.78 is 54.1. The second kappa shape index (κ2) is 6.74. The Morgan fingerprint density at radius 2 is 1.64 bits per heavy atom. The van der Waals surface area contributed by atoms with Crippen LogP contribution in [0.25, 0.3) is 10.6 Å². The number of rotatable bonds is 4. The van der Waals surface area contributed by atoms with Crippen LogP contribution in [0.2, 0.25) is 0 Å². The number of thiazole rings is 1. The van der Waals surface area contributed by atoms with Crippen LogP contribution in [-0.2, 0) is 5.60 Å². The highest BCUT2D eigenvalue weighted by Crippen LogP contribution is 2.39. The Bertz CT molecular complexity index is 933. The Kier molecular flexibility index (Phi) is 4.81. The molecule has 1 aromatic heterocycles. The van der Waals surface area contributed by atoms with E-state index in [9.17, 15) is 22.7 Å². The van der Waals surface area contributed by atoms with Gasteiger partial charge in [0, 0.05) is 29.5 Å².